The van der Waals surface area contributed by atoms with Gasteiger partial charge in [0.05, 0.1) is 6.42 Å². The number of aromatic nitrogens is 5. The highest BCUT2D eigenvalue weighted by atomic mass is 19.4. The normalized spacial score (nSPS) is 14.5. The summed E-state index contributed by atoms with van der Waals surface area (Å²) in [6.07, 6.45) is -1.95. The van der Waals surface area contributed by atoms with Crippen LogP contribution in [0.3, 0.4) is 0 Å². The first-order valence-corrected chi connectivity index (χ1v) is 10.9. The number of amides is 1. The largest absolute Gasteiger partial charge is 0.401 e. The van der Waals surface area contributed by atoms with Crippen molar-refractivity contribution < 1.29 is 26.9 Å². The first kappa shape index (κ1) is 23.5. The maximum Gasteiger partial charge on any atom is 0.401 e. The Morgan fingerprint density at radius 1 is 1.11 bits per heavy atom. The van der Waals surface area contributed by atoms with Gasteiger partial charge in [0.1, 0.15) is 11.2 Å². The van der Waals surface area contributed by atoms with Gasteiger partial charge in [-0.1, -0.05) is 17.3 Å². The van der Waals surface area contributed by atoms with Crippen LogP contribution in [0.5, 0.6) is 0 Å². The quantitative estimate of drug-likeness (QED) is 0.311. The lowest BCUT2D eigenvalue weighted by Gasteiger charge is -2.14. The van der Waals surface area contributed by atoms with Crippen LogP contribution >= 0.6 is 0 Å². The van der Waals surface area contributed by atoms with Gasteiger partial charge in [-0.2, -0.15) is 18.3 Å². The van der Waals surface area contributed by atoms with Crippen LogP contribution in [0.2, 0.25) is 0 Å². The number of alkyl halides is 3. The number of anilines is 3. The number of benzene rings is 1. The minimum Gasteiger partial charge on any atom is -0.358 e. The van der Waals surface area contributed by atoms with Crippen LogP contribution in [-0.2, 0) is 16.6 Å². The number of rotatable bonds is 7. The summed E-state index contributed by atoms with van der Waals surface area (Å²) in [5.74, 6) is -0.902. The molecule has 3 aromatic heterocycles. The Labute approximate surface area is 201 Å². The third-order valence-electron chi connectivity index (χ3n) is 5.88. The van der Waals surface area contributed by atoms with Crippen LogP contribution in [0.15, 0.2) is 47.2 Å². The average molecular weight is 501 g/mol. The van der Waals surface area contributed by atoms with Gasteiger partial charge in [-0.25, -0.2) is 14.4 Å². The molecule has 1 amide bonds. The van der Waals surface area contributed by atoms with Gasteiger partial charge in [0.25, 0.3) is 0 Å². The van der Waals surface area contributed by atoms with E-state index in [1.165, 1.54) is 24.5 Å². The standard InChI is InChI=1S/C23H19F4N7O2/c1-12-6-18(33-32-12)31-21-28-10-15(11-29-21)13-2-3-14(16(24)7-13)8-20(35)30-19-9-17(36-34-19)22(4-5-22)23(25,26)27/h2-3,6-7,9-11H,4-5,8H2,1H3,(H,30,34,35)(H2,28,29,31,32,33). The molecule has 0 saturated heterocycles. The maximum absolute atomic E-state index is 14.7. The van der Waals surface area contributed by atoms with Crippen molar-refractivity contribution in [1.29, 1.82) is 0 Å². The topological polar surface area (TPSA) is 122 Å². The van der Waals surface area contributed by atoms with E-state index in [0.29, 0.717) is 22.9 Å². The zero-order chi connectivity index (χ0) is 25.5. The van der Waals surface area contributed by atoms with E-state index in [9.17, 15) is 22.4 Å². The van der Waals surface area contributed by atoms with Gasteiger partial charge >= 0.3 is 6.18 Å². The Bertz CT molecular complexity index is 1410. The minimum absolute atomic E-state index is 0.0925. The van der Waals surface area contributed by atoms with Gasteiger partial charge in [-0.05, 0) is 37.0 Å². The molecule has 186 valence electrons. The monoisotopic (exact) mass is 501 g/mol. The number of hydrogen-bond acceptors (Lipinski definition) is 7. The highest BCUT2D eigenvalue weighted by Crippen LogP contribution is 2.59. The molecule has 0 radical (unpaired) electrons. The Kier molecular flexibility index (Phi) is 5.69. The van der Waals surface area contributed by atoms with Crippen molar-refractivity contribution in [3.05, 3.63) is 65.6 Å². The number of H-pyrrole nitrogens is 1. The number of aromatic amines is 1. The zero-order valence-corrected chi connectivity index (χ0v) is 18.8. The van der Waals surface area contributed by atoms with Crippen LogP contribution in [-0.4, -0.2) is 37.4 Å². The molecule has 9 nitrogen and oxygen atoms in total. The second kappa shape index (κ2) is 8.73. The molecule has 36 heavy (non-hydrogen) atoms. The van der Waals surface area contributed by atoms with Gasteiger partial charge in [-0.3, -0.25) is 9.89 Å². The van der Waals surface area contributed by atoms with E-state index in [1.807, 2.05) is 6.92 Å². The zero-order valence-electron chi connectivity index (χ0n) is 18.8. The van der Waals surface area contributed by atoms with Crippen LogP contribution in [0.4, 0.5) is 35.1 Å². The van der Waals surface area contributed by atoms with Crippen LogP contribution in [0.1, 0.15) is 29.9 Å². The fourth-order valence-corrected chi connectivity index (χ4v) is 3.72. The number of aryl methyl sites for hydroxylation is 1. The van der Waals surface area contributed by atoms with E-state index in [0.717, 1.165) is 11.8 Å². The molecule has 13 heteroatoms. The highest BCUT2D eigenvalue weighted by Gasteiger charge is 2.66. The SMILES string of the molecule is Cc1cc(Nc2ncc(-c3ccc(CC(=O)Nc4cc(C5(C(F)(F)F)CC5)on4)c(F)c3)cn2)n[nH]1. The van der Waals surface area contributed by atoms with Crippen molar-refractivity contribution in [3.8, 4) is 11.1 Å². The number of halogens is 4. The van der Waals surface area contributed by atoms with Crippen molar-refractivity contribution in [1.82, 2.24) is 25.3 Å². The lowest BCUT2D eigenvalue weighted by Crippen LogP contribution is -2.28. The van der Waals surface area contributed by atoms with Crippen molar-refractivity contribution in [3.63, 3.8) is 0 Å². The molecular weight excluding hydrogens is 482 g/mol. The second-order valence-electron chi connectivity index (χ2n) is 8.54. The first-order chi connectivity index (χ1) is 17.1. The van der Waals surface area contributed by atoms with Gasteiger partial charge in [-0.15, -0.1) is 0 Å². The van der Waals surface area contributed by atoms with Crippen LogP contribution in [0.25, 0.3) is 11.1 Å². The third-order valence-corrected chi connectivity index (χ3v) is 5.88. The van der Waals surface area contributed by atoms with Gasteiger partial charge in [0, 0.05) is 35.8 Å². The lowest BCUT2D eigenvalue weighted by molar-refractivity contribution is -0.165. The average Bonchev–Trinajstić information content (AvgIpc) is 3.37. The molecule has 1 aliphatic rings. The molecule has 5 rings (SSSR count). The van der Waals surface area contributed by atoms with E-state index < -0.39 is 23.3 Å². The van der Waals surface area contributed by atoms with Crippen molar-refractivity contribution >= 4 is 23.5 Å². The van der Waals surface area contributed by atoms with E-state index in [-0.39, 0.29) is 36.4 Å². The molecule has 0 aliphatic heterocycles. The predicted octanol–water partition coefficient (Wildman–Crippen LogP) is 4.82. The van der Waals surface area contributed by atoms with Crippen LogP contribution in [0, 0.1) is 12.7 Å². The number of carbonyl (C=O) groups excluding carboxylic acids is 1. The van der Waals surface area contributed by atoms with Crippen LogP contribution < -0.4 is 10.6 Å². The summed E-state index contributed by atoms with van der Waals surface area (Å²) in [5, 5.41) is 15.6. The molecule has 1 saturated carbocycles. The number of carbonyl (C=O) groups is 1. The summed E-state index contributed by atoms with van der Waals surface area (Å²) in [5.41, 5.74) is -0.00971. The van der Waals surface area contributed by atoms with Gasteiger partial charge in [0.15, 0.2) is 17.4 Å². The Hall–Kier alpha value is -4.29. The molecule has 1 aromatic carbocycles. The minimum atomic E-state index is -4.46. The summed E-state index contributed by atoms with van der Waals surface area (Å²) in [6, 6.07) is 7.15. The van der Waals surface area contributed by atoms with Crippen molar-refractivity contribution in [2.24, 2.45) is 0 Å². The molecule has 3 heterocycles. The molecule has 4 aromatic rings. The predicted molar refractivity (Wildman–Crippen MR) is 120 cm³/mol. The summed E-state index contributed by atoms with van der Waals surface area (Å²) in [4.78, 5) is 20.7. The van der Waals surface area contributed by atoms with E-state index in [1.54, 1.807) is 12.1 Å². The Morgan fingerprint density at radius 3 is 2.47 bits per heavy atom. The molecule has 0 unspecified atom stereocenters. The number of nitrogens with one attached hydrogen (secondary N) is 3. The molecule has 0 spiro atoms. The van der Waals surface area contributed by atoms with Crippen molar-refractivity contribution in [2.75, 3.05) is 10.6 Å². The molecule has 0 bridgehead atoms. The molecule has 3 N–H and O–H groups in total. The fraction of sp³-hybridized carbons (Fsp3) is 0.261. The summed E-state index contributed by atoms with van der Waals surface area (Å²) in [6.45, 7) is 1.86. The van der Waals surface area contributed by atoms with E-state index >= 15 is 0 Å². The maximum atomic E-state index is 14.7. The highest BCUT2D eigenvalue weighted by molar-refractivity contribution is 5.91. The molecule has 1 aliphatic carbocycles. The van der Waals surface area contributed by atoms with E-state index in [4.69, 9.17) is 4.52 Å². The fourth-order valence-electron chi connectivity index (χ4n) is 3.72. The summed E-state index contributed by atoms with van der Waals surface area (Å²) < 4.78 is 59.2. The number of nitrogens with zero attached hydrogens (tertiary/aromatic N) is 4. The molecular formula is C23H19F4N7O2. The van der Waals surface area contributed by atoms with Gasteiger partial charge in [0.2, 0.25) is 11.9 Å². The first-order valence-electron chi connectivity index (χ1n) is 10.9. The van der Waals surface area contributed by atoms with Gasteiger partial charge < -0.3 is 15.2 Å². The molecule has 1 fully saturated rings. The van der Waals surface area contributed by atoms with E-state index in [2.05, 4.69) is 36.0 Å². The second-order valence-corrected chi connectivity index (χ2v) is 8.54. The third kappa shape index (κ3) is 4.63. The Balaban J connectivity index is 1.22. The lowest BCUT2D eigenvalue weighted by atomic mass is 10.0. The number of hydrogen-bond donors (Lipinski definition) is 3. The summed E-state index contributed by atoms with van der Waals surface area (Å²) in [7, 11) is 0. The molecule has 0 atom stereocenters. The summed E-state index contributed by atoms with van der Waals surface area (Å²) >= 11 is 0. The van der Waals surface area contributed by atoms with Crippen molar-refractivity contribution in [2.45, 2.75) is 37.8 Å². The smallest absolute Gasteiger partial charge is 0.358 e. The Morgan fingerprint density at radius 2 is 1.86 bits per heavy atom.